The van der Waals surface area contributed by atoms with Crippen LogP contribution in [0.1, 0.15) is 24.1 Å². The van der Waals surface area contributed by atoms with Crippen LogP contribution in [0.3, 0.4) is 0 Å². The minimum Gasteiger partial charge on any atom is -0.340 e. The molecule has 198 valence electrons. The number of nitrogens with zero attached hydrogens (tertiary/aromatic N) is 1. The van der Waals surface area contributed by atoms with Crippen LogP contribution in [0.4, 0.5) is 11.4 Å². The first-order valence-electron chi connectivity index (χ1n) is 12.4. The van der Waals surface area contributed by atoms with E-state index in [1.54, 1.807) is 24.3 Å². The number of hydrogen-bond acceptors (Lipinski definition) is 4. The normalized spacial score (nSPS) is 18.4. The van der Waals surface area contributed by atoms with Gasteiger partial charge in [0.2, 0.25) is 10.0 Å². The van der Waals surface area contributed by atoms with Crippen LogP contribution in [0.25, 0.3) is 5.70 Å². The fourth-order valence-corrected chi connectivity index (χ4v) is 4.40. The van der Waals surface area contributed by atoms with Crippen molar-refractivity contribution in [2.75, 3.05) is 16.3 Å². The van der Waals surface area contributed by atoms with Gasteiger partial charge in [-0.25, -0.2) is 8.42 Å². The lowest BCUT2D eigenvalue weighted by molar-refractivity contribution is -0.112. The highest BCUT2D eigenvalue weighted by atomic mass is 32.2. The van der Waals surface area contributed by atoms with E-state index in [-0.39, 0.29) is 11.9 Å². The Morgan fingerprint density at radius 3 is 2.33 bits per heavy atom. The van der Waals surface area contributed by atoms with Gasteiger partial charge in [-0.3, -0.25) is 14.5 Å². The summed E-state index contributed by atoms with van der Waals surface area (Å²) in [6, 6.07) is 14.6. The first-order chi connectivity index (χ1) is 18.8. The molecule has 2 aliphatic rings. The zero-order valence-corrected chi connectivity index (χ0v) is 22.5. The summed E-state index contributed by atoms with van der Waals surface area (Å²) in [7, 11) is -3.35. The number of benzene rings is 2. The van der Waals surface area contributed by atoms with E-state index in [0.717, 1.165) is 23.1 Å². The molecule has 0 aromatic heterocycles. The van der Waals surface area contributed by atoms with Crippen LogP contribution in [0.5, 0.6) is 0 Å². The lowest BCUT2D eigenvalue weighted by Crippen LogP contribution is -2.21. The monoisotopic (exact) mass is 538 g/mol. The van der Waals surface area contributed by atoms with Crippen molar-refractivity contribution >= 4 is 38.8 Å². The van der Waals surface area contributed by atoms with Crippen molar-refractivity contribution in [3.63, 3.8) is 0 Å². The largest absolute Gasteiger partial charge is 0.340 e. The quantitative estimate of drug-likeness (QED) is 0.414. The SMILES string of the molecule is C[C@H](N=C1C=CC=CC=C(c2ccc(NS(C)(=O)=O)cc2)N1)c1cccc(NC(=O)C2=C/C=C/C=C/C=C2)c1. The predicted octanol–water partition coefficient (Wildman–Crippen LogP) is 5.82. The minimum absolute atomic E-state index is 0.189. The molecule has 1 aliphatic carbocycles. The van der Waals surface area contributed by atoms with E-state index >= 15 is 0 Å². The van der Waals surface area contributed by atoms with Gasteiger partial charge >= 0.3 is 0 Å². The molecule has 0 bridgehead atoms. The second kappa shape index (κ2) is 12.7. The molecule has 39 heavy (non-hydrogen) atoms. The number of rotatable bonds is 7. The van der Waals surface area contributed by atoms with Gasteiger partial charge in [0.1, 0.15) is 5.84 Å². The summed E-state index contributed by atoms with van der Waals surface area (Å²) in [6.07, 6.45) is 23.5. The van der Waals surface area contributed by atoms with Crippen molar-refractivity contribution in [1.29, 1.82) is 0 Å². The molecule has 4 rings (SSSR count). The third-order valence-corrected chi connectivity index (χ3v) is 6.33. The Hall–Kier alpha value is -4.69. The number of allylic oxidation sites excluding steroid dienone is 10. The summed E-state index contributed by atoms with van der Waals surface area (Å²) in [5.74, 6) is 0.474. The van der Waals surface area contributed by atoms with E-state index < -0.39 is 10.0 Å². The molecule has 0 radical (unpaired) electrons. The predicted molar refractivity (Wildman–Crippen MR) is 161 cm³/mol. The number of sulfonamides is 1. The Balaban J connectivity index is 1.49. The molecule has 1 aliphatic heterocycles. The maximum absolute atomic E-state index is 12.8. The smallest absolute Gasteiger partial charge is 0.255 e. The molecule has 0 unspecified atom stereocenters. The molecule has 1 heterocycles. The van der Waals surface area contributed by atoms with Crippen LogP contribution in [0, 0.1) is 0 Å². The summed E-state index contributed by atoms with van der Waals surface area (Å²) < 4.78 is 25.5. The van der Waals surface area contributed by atoms with Crippen LogP contribution >= 0.6 is 0 Å². The Labute approximate surface area is 229 Å². The van der Waals surface area contributed by atoms with Gasteiger partial charge in [0, 0.05) is 22.6 Å². The zero-order chi connectivity index (χ0) is 27.7. The van der Waals surface area contributed by atoms with Gasteiger partial charge < -0.3 is 10.6 Å². The minimum atomic E-state index is -3.35. The Morgan fingerprint density at radius 1 is 0.846 bits per heavy atom. The van der Waals surface area contributed by atoms with E-state index in [0.29, 0.717) is 22.8 Å². The van der Waals surface area contributed by atoms with Crippen LogP contribution < -0.4 is 15.4 Å². The second-order valence-corrected chi connectivity index (χ2v) is 10.7. The van der Waals surface area contributed by atoms with Gasteiger partial charge in [-0.2, -0.15) is 0 Å². The van der Waals surface area contributed by atoms with E-state index in [1.807, 2.05) is 104 Å². The maximum atomic E-state index is 12.8. The number of carbonyl (C=O) groups is 1. The molecule has 1 amide bonds. The molecule has 8 heteroatoms. The van der Waals surface area contributed by atoms with Crippen molar-refractivity contribution in [2.24, 2.45) is 4.99 Å². The van der Waals surface area contributed by atoms with Gasteiger partial charge in [-0.15, -0.1) is 0 Å². The van der Waals surface area contributed by atoms with Crippen molar-refractivity contribution in [3.8, 4) is 0 Å². The van der Waals surface area contributed by atoms with E-state index in [1.165, 1.54) is 0 Å². The highest BCUT2D eigenvalue weighted by Gasteiger charge is 2.11. The van der Waals surface area contributed by atoms with Crippen LogP contribution in [-0.2, 0) is 14.8 Å². The number of hydrogen-bond donors (Lipinski definition) is 3. The van der Waals surface area contributed by atoms with Crippen LogP contribution in [0.2, 0.25) is 0 Å². The molecule has 0 saturated carbocycles. The van der Waals surface area contributed by atoms with E-state index in [9.17, 15) is 13.2 Å². The molecule has 1 atom stereocenters. The van der Waals surface area contributed by atoms with Gasteiger partial charge in [0.15, 0.2) is 0 Å². The molecular weight excluding hydrogens is 508 g/mol. The van der Waals surface area contributed by atoms with Crippen molar-refractivity contribution in [1.82, 2.24) is 5.32 Å². The number of anilines is 2. The topological polar surface area (TPSA) is 99.7 Å². The summed E-state index contributed by atoms with van der Waals surface area (Å²) >= 11 is 0. The summed E-state index contributed by atoms with van der Waals surface area (Å²) in [5, 5.41) is 6.35. The van der Waals surface area contributed by atoms with Crippen LogP contribution in [-0.4, -0.2) is 26.4 Å². The van der Waals surface area contributed by atoms with Crippen LogP contribution in [0.15, 0.2) is 132 Å². The first-order valence-corrected chi connectivity index (χ1v) is 14.3. The highest BCUT2D eigenvalue weighted by Crippen LogP contribution is 2.23. The van der Waals surface area contributed by atoms with E-state index in [4.69, 9.17) is 4.99 Å². The first kappa shape index (κ1) is 27.3. The van der Waals surface area contributed by atoms with Crippen molar-refractivity contribution < 1.29 is 13.2 Å². The number of amides is 1. The third-order valence-electron chi connectivity index (χ3n) is 5.72. The molecular formula is C31H30N4O3S. The number of nitrogens with one attached hydrogen (secondary N) is 3. The lowest BCUT2D eigenvalue weighted by Gasteiger charge is -2.16. The molecule has 0 saturated heterocycles. The third kappa shape index (κ3) is 8.41. The fraction of sp³-hybridized carbons (Fsp3) is 0.0968. The van der Waals surface area contributed by atoms with Gasteiger partial charge in [0.25, 0.3) is 5.91 Å². The molecule has 2 aromatic rings. The second-order valence-electron chi connectivity index (χ2n) is 8.92. The molecule has 2 aromatic carbocycles. The fourth-order valence-electron chi connectivity index (χ4n) is 3.84. The Kier molecular flexibility index (Phi) is 8.91. The van der Waals surface area contributed by atoms with Crippen molar-refractivity contribution in [2.45, 2.75) is 13.0 Å². The average molecular weight is 539 g/mol. The van der Waals surface area contributed by atoms with Gasteiger partial charge in [0.05, 0.1) is 12.3 Å². The molecule has 7 nitrogen and oxygen atoms in total. The number of amidine groups is 1. The number of aliphatic imine (C=N–C) groups is 1. The highest BCUT2D eigenvalue weighted by molar-refractivity contribution is 7.92. The maximum Gasteiger partial charge on any atom is 0.255 e. The van der Waals surface area contributed by atoms with E-state index in [2.05, 4.69) is 15.4 Å². The summed E-state index contributed by atoms with van der Waals surface area (Å²) in [5.41, 5.74) is 4.38. The summed E-state index contributed by atoms with van der Waals surface area (Å²) in [6.45, 7) is 1.99. The average Bonchev–Trinajstić information content (AvgIpc) is 2.85. The van der Waals surface area contributed by atoms with Gasteiger partial charge in [-0.05, 0) is 66.6 Å². The number of carbonyl (C=O) groups excluding carboxylic acids is 1. The molecule has 0 spiro atoms. The van der Waals surface area contributed by atoms with Crippen molar-refractivity contribution in [3.05, 3.63) is 138 Å². The Bertz CT molecular complexity index is 1570. The molecule has 3 N–H and O–H groups in total. The van der Waals surface area contributed by atoms with Gasteiger partial charge in [-0.1, -0.05) is 72.9 Å². The zero-order valence-electron chi connectivity index (χ0n) is 21.7. The standard InChI is InChI=1S/C31H30N4O3S/c1-23(26-14-11-15-28(22-26)33-31(36)25-12-7-4-3-5-8-13-25)32-30-17-10-6-9-16-29(34-30)24-18-20-27(21-19-24)35-39(2,37)38/h3-23,35H,1-2H3,(H,32,34)(H,33,36)/b4-3+,5-3?,7-4?,8-5+,12-7?,13-8?,25-12?,25-13?/t23-/m0/s1. The molecule has 0 fully saturated rings. The lowest BCUT2D eigenvalue weighted by atomic mass is 10.1. The Morgan fingerprint density at radius 2 is 1.54 bits per heavy atom. The summed E-state index contributed by atoms with van der Waals surface area (Å²) in [4.78, 5) is 17.7.